The van der Waals surface area contributed by atoms with Gasteiger partial charge in [0.05, 0.1) is 0 Å². The van der Waals surface area contributed by atoms with Crippen molar-refractivity contribution in [2.45, 2.75) is 19.8 Å². The quantitative estimate of drug-likeness (QED) is 0.526. The van der Waals surface area contributed by atoms with Crippen LogP contribution in [0.15, 0.2) is 0 Å². The van der Waals surface area contributed by atoms with E-state index < -0.39 is 0 Å². The third kappa shape index (κ3) is 5.37. The van der Waals surface area contributed by atoms with E-state index in [1.54, 1.807) is 0 Å². The number of nitrogens with one attached hydrogen (secondary N) is 3. The van der Waals surface area contributed by atoms with Gasteiger partial charge in [0.15, 0.2) is 0 Å². The maximum absolute atomic E-state index is 11.4. The van der Waals surface area contributed by atoms with Crippen LogP contribution in [0.3, 0.4) is 0 Å². The van der Waals surface area contributed by atoms with Crippen molar-refractivity contribution in [1.82, 2.24) is 16.0 Å². The van der Waals surface area contributed by atoms with E-state index in [0.717, 1.165) is 19.5 Å². The minimum atomic E-state index is -0.0655. The zero-order valence-corrected chi connectivity index (χ0v) is 9.14. The fourth-order valence-corrected chi connectivity index (χ4v) is 1.66. The summed E-state index contributed by atoms with van der Waals surface area (Å²) in [5.74, 6) is 0.490. The molecule has 0 aliphatic carbocycles. The maximum Gasteiger partial charge on any atom is 0.220 e. The number of hydrogen-bond acceptors (Lipinski definition) is 3. The molecule has 0 aromatic rings. The summed E-state index contributed by atoms with van der Waals surface area (Å²) in [5.41, 5.74) is 0. The van der Waals surface area contributed by atoms with Crippen molar-refractivity contribution >= 4 is 11.8 Å². The summed E-state index contributed by atoms with van der Waals surface area (Å²) in [7, 11) is 0. The fraction of sp³-hybridized carbons (Fsp3) is 0.800. The minimum absolute atomic E-state index is 0.0655. The number of carbonyl (C=O) groups is 2. The van der Waals surface area contributed by atoms with Crippen LogP contribution in [0.5, 0.6) is 0 Å². The van der Waals surface area contributed by atoms with Gasteiger partial charge in [0.1, 0.15) is 0 Å². The Hall–Kier alpha value is -1.10. The van der Waals surface area contributed by atoms with Crippen LogP contribution >= 0.6 is 0 Å². The van der Waals surface area contributed by atoms with E-state index in [-0.39, 0.29) is 11.8 Å². The lowest BCUT2D eigenvalue weighted by atomic mass is 10.0. The second-order valence-electron chi connectivity index (χ2n) is 3.90. The van der Waals surface area contributed by atoms with Gasteiger partial charge in [-0.05, 0) is 25.4 Å². The van der Waals surface area contributed by atoms with Crippen molar-refractivity contribution in [2.24, 2.45) is 5.92 Å². The molecule has 0 spiro atoms. The Bertz CT molecular complexity index is 225. The second-order valence-corrected chi connectivity index (χ2v) is 3.90. The van der Waals surface area contributed by atoms with Crippen LogP contribution in [0.4, 0.5) is 0 Å². The highest BCUT2D eigenvalue weighted by Crippen LogP contribution is 2.11. The van der Waals surface area contributed by atoms with Gasteiger partial charge in [-0.2, -0.15) is 0 Å². The Morgan fingerprint density at radius 3 is 2.67 bits per heavy atom. The van der Waals surface area contributed by atoms with Gasteiger partial charge in [-0.15, -0.1) is 0 Å². The lowest BCUT2D eigenvalue weighted by Gasteiger charge is -2.09. The summed E-state index contributed by atoms with van der Waals surface area (Å²) in [4.78, 5) is 21.9. The summed E-state index contributed by atoms with van der Waals surface area (Å²) in [6.45, 7) is 4.44. The van der Waals surface area contributed by atoms with E-state index in [9.17, 15) is 9.59 Å². The Morgan fingerprint density at radius 2 is 2.07 bits per heavy atom. The van der Waals surface area contributed by atoms with Gasteiger partial charge < -0.3 is 16.0 Å². The van der Waals surface area contributed by atoms with Gasteiger partial charge in [-0.1, -0.05) is 0 Å². The maximum atomic E-state index is 11.4. The molecular formula is C10H19N3O2. The normalized spacial score (nSPS) is 19.9. The molecule has 5 heteroatoms. The number of rotatable bonds is 5. The van der Waals surface area contributed by atoms with Gasteiger partial charge in [0.25, 0.3) is 0 Å². The summed E-state index contributed by atoms with van der Waals surface area (Å²) in [6.07, 6.45) is 1.67. The molecule has 0 aromatic carbocycles. The first-order valence-corrected chi connectivity index (χ1v) is 5.40. The minimum Gasteiger partial charge on any atom is -0.355 e. The summed E-state index contributed by atoms with van der Waals surface area (Å²) < 4.78 is 0. The Morgan fingerprint density at radius 1 is 1.33 bits per heavy atom. The highest BCUT2D eigenvalue weighted by molar-refractivity contribution is 5.76. The van der Waals surface area contributed by atoms with E-state index in [2.05, 4.69) is 16.0 Å². The first-order chi connectivity index (χ1) is 7.18. The van der Waals surface area contributed by atoms with Gasteiger partial charge in [-0.25, -0.2) is 0 Å². The lowest BCUT2D eigenvalue weighted by molar-refractivity contribution is -0.122. The average molecular weight is 213 g/mol. The van der Waals surface area contributed by atoms with E-state index >= 15 is 0 Å². The van der Waals surface area contributed by atoms with E-state index in [1.165, 1.54) is 6.92 Å². The monoisotopic (exact) mass is 213 g/mol. The SMILES string of the molecule is CC(=O)NCCNC(=O)CC1CCNC1. The van der Waals surface area contributed by atoms with Crippen LogP contribution in [0.2, 0.25) is 0 Å². The number of carbonyl (C=O) groups excluding carboxylic acids is 2. The molecule has 15 heavy (non-hydrogen) atoms. The molecule has 5 nitrogen and oxygen atoms in total. The van der Waals surface area contributed by atoms with Crippen LogP contribution < -0.4 is 16.0 Å². The van der Waals surface area contributed by atoms with Gasteiger partial charge in [0.2, 0.25) is 11.8 Å². The van der Waals surface area contributed by atoms with Crippen molar-refractivity contribution in [1.29, 1.82) is 0 Å². The van der Waals surface area contributed by atoms with E-state index in [0.29, 0.717) is 25.4 Å². The molecule has 0 bridgehead atoms. The topological polar surface area (TPSA) is 70.2 Å². The Labute approximate surface area is 90.0 Å². The molecular weight excluding hydrogens is 194 g/mol. The predicted octanol–water partition coefficient (Wildman–Crippen LogP) is -0.762. The summed E-state index contributed by atoms with van der Waals surface area (Å²) >= 11 is 0. The van der Waals surface area contributed by atoms with Crippen molar-refractivity contribution < 1.29 is 9.59 Å². The molecule has 1 saturated heterocycles. The van der Waals surface area contributed by atoms with Crippen molar-refractivity contribution in [3.8, 4) is 0 Å². The molecule has 1 fully saturated rings. The first-order valence-electron chi connectivity index (χ1n) is 5.40. The third-order valence-corrected chi connectivity index (χ3v) is 2.46. The predicted molar refractivity (Wildman–Crippen MR) is 57.3 cm³/mol. The van der Waals surface area contributed by atoms with Crippen molar-refractivity contribution in [3.05, 3.63) is 0 Å². The highest BCUT2D eigenvalue weighted by atomic mass is 16.2. The molecule has 1 unspecified atom stereocenters. The van der Waals surface area contributed by atoms with E-state index in [1.807, 2.05) is 0 Å². The second kappa shape index (κ2) is 6.40. The van der Waals surface area contributed by atoms with Crippen LogP contribution in [0.25, 0.3) is 0 Å². The summed E-state index contributed by atoms with van der Waals surface area (Å²) in [5, 5.41) is 8.63. The molecule has 1 aliphatic heterocycles. The standard InChI is InChI=1S/C10H19N3O2/c1-8(14)12-4-5-13-10(15)6-9-2-3-11-7-9/h9,11H,2-7H2,1H3,(H,12,14)(H,13,15). The molecule has 0 aromatic heterocycles. The molecule has 1 aliphatic rings. The molecule has 86 valence electrons. The van der Waals surface area contributed by atoms with Crippen LogP contribution in [0, 0.1) is 5.92 Å². The van der Waals surface area contributed by atoms with Gasteiger partial charge in [0, 0.05) is 26.4 Å². The first kappa shape index (κ1) is 12.0. The van der Waals surface area contributed by atoms with Crippen LogP contribution in [-0.2, 0) is 9.59 Å². The molecule has 1 atom stereocenters. The van der Waals surface area contributed by atoms with Gasteiger partial charge in [-0.3, -0.25) is 9.59 Å². The van der Waals surface area contributed by atoms with Gasteiger partial charge >= 0.3 is 0 Å². The van der Waals surface area contributed by atoms with Crippen LogP contribution in [0.1, 0.15) is 19.8 Å². The third-order valence-electron chi connectivity index (χ3n) is 2.46. The highest BCUT2D eigenvalue weighted by Gasteiger charge is 2.17. The molecule has 0 radical (unpaired) electrons. The molecule has 2 amide bonds. The Kier molecular flexibility index (Phi) is 5.10. The zero-order valence-electron chi connectivity index (χ0n) is 9.14. The van der Waals surface area contributed by atoms with Crippen molar-refractivity contribution in [3.63, 3.8) is 0 Å². The molecule has 0 saturated carbocycles. The number of hydrogen-bond donors (Lipinski definition) is 3. The Balaban J connectivity index is 2.00. The lowest BCUT2D eigenvalue weighted by Crippen LogP contribution is -2.34. The smallest absolute Gasteiger partial charge is 0.220 e. The average Bonchev–Trinajstić information content (AvgIpc) is 2.64. The van der Waals surface area contributed by atoms with E-state index in [4.69, 9.17) is 0 Å². The fourth-order valence-electron chi connectivity index (χ4n) is 1.66. The zero-order chi connectivity index (χ0) is 11.1. The number of amides is 2. The largest absolute Gasteiger partial charge is 0.355 e. The molecule has 1 heterocycles. The summed E-state index contributed by atoms with van der Waals surface area (Å²) in [6, 6.07) is 0. The van der Waals surface area contributed by atoms with Crippen molar-refractivity contribution in [2.75, 3.05) is 26.2 Å². The molecule has 3 N–H and O–H groups in total. The molecule has 1 rings (SSSR count). The van der Waals surface area contributed by atoms with Crippen LogP contribution in [-0.4, -0.2) is 38.0 Å².